The first kappa shape index (κ1) is 11.0. The third kappa shape index (κ3) is 2.44. The van der Waals surface area contributed by atoms with Crippen LogP contribution in [0.25, 0.3) is 0 Å². The Morgan fingerprint density at radius 1 is 1.38 bits per heavy atom. The summed E-state index contributed by atoms with van der Waals surface area (Å²) in [6.45, 7) is 10.9. The third-order valence-electron chi connectivity index (χ3n) is 3.35. The molecule has 1 aliphatic rings. The van der Waals surface area contributed by atoms with Crippen molar-refractivity contribution >= 4 is 0 Å². The molecule has 1 rings (SSSR count). The summed E-state index contributed by atoms with van der Waals surface area (Å²) in [5.41, 5.74) is -0.0224. The van der Waals surface area contributed by atoms with E-state index in [0.29, 0.717) is 5.92 Å². The van der Waals surface area contributed by atoms with Crippen LogP contribution in [-0.2, 0) is 4.74 Å². The Morgan fingerprint density at radius 3 is 2.31 bits per heavy atom. The van der Waals surface area contributed by atoms with Crippen LogP contribution in [-0.4, -0.2) is 18.9 Å². The number of hydrogen-bond acceptors (Lipinski definition) is 2. The van der Waals surface area contributed by atoms with Crippen molar-refractivity contribution in [3.63, 3.8) is 0 Å². The van der Waals surface area contributed by atoms with Gasteiger partial charge in [-0.15, -0.1) is 0 Å². The van der Waals surface area contributed by atoms with Gasteiger partial charge >= 0.3 is 0 Å². The number of ether oxygens (including phenoxy) is 1. The smallest absolute Gasteiger partial charge is 0.118 e. The van der Waals surface area contributed by atoms with Crippen LogP contribution in [0.1, 0.15) is 40.5 Å². The molecule has 0 aromatic heterocycles. The van der Waals surface area contributed by atoms with E-state index in [-0.39, 0.29) is 5.72 Å². The van der Waals surface area contributed by atoms with Crippen molar-refractivity contribution in [1.29, 1.82) is 0 Å². The Morgan fingerprint density at radius 2 is 2.00 bits per heavy atom. The fourth-order valence-electron chi connectivity index (χ4n) is 1.83. The van der Waals surface area contributed by atoms with Gasteiger partial charge in [0.15, 0.2) is 0 Å². The molecule has 78 valence electrons. The van der Waals surface area contributed by atoms with Gasteiger partial charge in [0.25, 0.3) is 0 Å². The topological polar surface area (TPSA) is 21.3 Å². The molecule has 0 amide bonds. The molecule has 1 heterocycles. The van der Waals surface area contributed by atoms with Gasteiger partial charge in [-0.2, -0.15) is 0 Å². The lowest BCUT2D eigenvalue weighted by Crippen LogP contribution is -2.55. The average Bonchev–Trinajstić information content (AvgIpc) is 2.18. The molecule has 0 aromatic rings. The summed E-state index contributed by atoms with van der Waals surface area (Å²) in [5.74, 6) is 1.41. The number of rotatable bonds is 3. The van der Waals surface area contributed by atoms with Crippen molar-refractivity contribution in [2.24, 2.45) is 11.8 Å². The predicted molar refractivity (Wildman–Crippen MR) is 55.6 cm³/mol. The van der Waals surface area contributed by atoms with Crippen molar-refractivity contribution in [1.82, 2.24) is 5.32 Å². The maximum absolute atomic E-state index is 5.93. The molecule has 2 nitrogen and oxygen atoms in total. The van der Waals surface area contributed by atoms with Crippen LogP contribution in [0.5, 0.6) is 0 Å². The molecule has 0 saturated carbocycles. The predicted octanol–water partition coefficient (Wildman–Crippen LogP) is 2.39. The molecule has 1 N–H and O–H groups in total. The highest BCUT2D eigenvalue weighted by molar-refractivity contribution is 4.82. The van der Waals surface area contributed by atoms with Crippen molar-refractivity contribution in [2.45, 2.75) is 46.3 Å². The van der Waals surface area contributed by atoms with E-state index in [1.54, 1.807) is 0 Å². The van der Waals surface area contributed by atoms with Gasteiger partial charge in [0, 0.05) is 6.54 Å². The quantitative estimate of drug-likeness (QED) is 0.729. The molecule has 0 spiro atoms. The zero-order valence-electron chi connectivity index (χ0n) is 9.39. The molecule has 1 unspecified atom stereocenters. The third-order valence-corrected chi connectivity index (χ3v) is 3.35. The van der Waals surface area contributed by atoms with E-state index in [1.807, 2.05) is 0 Å². The first-order valence-corrected chi connectivity index (χ1v) is 5.52. The maximum Gasteiger partial charge on any atom is 0.118 e. The Hall–Kier alpha value is -0.0800. The van der Waals surface area contributed by atoms with Crippen LogP contribution < -0.4 is 5.32 Å². The molecular weight excluding hydrogens is 162 g/mol. The fourth-order valence-corrected chi connectivity index (χ4v) is 1.83. The van der Waals surface area contributed by atoms with Gasteiger partial charge in [0.2, 0.25) is 0 Å². The van der Waals surface area contributed by atoms with E-state index < -0.39 is 0 Å². The molecule has 0 aromatic carbocycles. The molecule has 1 fully saturated rings. The Bertz CT molecular complexity index is 142. The normalized spacial score (nSPS) is 27.9. The summed E-state index contributed by atoms with van der Waals surface area (Å²) in [5, 5.41) is 3.54. The molecule has 1 atom stereocenters. The van der Waals surface area contributed by atoms with Crippen molar-refractivity contribution in [3.05, 3.63) is 0 Å². The average molecular weight is 185 g/mol. The van der Waals surface area contributed by atoms with E-state index in [2.05, 4.69) is 33.0 Å². The lowest BCUT2D eigenvalue weighted by atomic mass is 9.93. The van der Waals surface area contributed by atoms with E-state index >= 15 is 0 Å². The summed E-state index contributed by atoms with van der Waals surface area (Å²) in [6.07, 6.45) is 2.13. The highest BCUT2D eigenvalue weighted by atomic mass is 16.5. The monoisotopic (exact) mass is 185 g/mol. The summed E-state index contributed by atoms with van der Waals surface area (Å²) < 4.78 is 5.93. The second kappa shape index (κ2) is 4.43. The lowest BCUT2D eigenvalue weighted by Gasteiger charge is -2.41. The van der Waals surface area contributed by atoms with Gasteiger partial charge < -0.3 is 4.74 Å². The minimum atomic E-state index is -0.0224. The lowest BCUT2D eigenvalue weighted by molar-refractivity contribution is -0.126. The minimum absolute atomic E-state index is 0.0224. The van der Waals surface area contributed by atoms with Crippen LogP contribution in [0.4, 0.5) is 0 Å². The summed E-state index contributed by atoms with van der Waals surface area (Å²) in [7, 11) is 0. The van der Waals surface area contributed by atoms with Gasteiger partial charge in [-0.05, 0) is 24.7 Å². The second-order valence-corrected chi connectivity index (χ2v) is 4.40. The standard InChI is InChI=1S/C11H23NO/c1-5-11(6-2)12-7-10(8-13-11)9(3)4/h9-10,12H,5-8H2,1-4H3. The van der Waals surface area contributed by atoms with Gasteiger partial charge in [-0.3, -0.25) is 5.32 Å². The van der Waals surface area contributed by atoms with E-state index in [9.17, 15) is 0 Å². The van der Waals surface area contributed by atoms with Crippen LogP contribution in [0.2, 0.25) is 0 Å². The molecule has 0 bridgehead atoms. The summed E-state index contributed by atoms with van der Waals surface area (Å²) in [6, 6.07) is 0. The molecule has 13 heavy (non-hydrogen) atoms. The number of nitrogens with one attached hydrogen (secondary N) is 1. The van der Waals surface area contributed by atoms with Crippen LogP contribution in [0, 0.1) is 11.8 Å². The largest absolute Gasteiger partial charge is 0.360 e. The first-order chi connectivity index (χ1) is 6.13. The molecule has 1 aliphatic heterocycles. The van der Waals surface area contributed by atoms with Gasteiger partial charge in [0.05, 0.1) is 6.61 Å². The summed E-state index contributed by atoms with van der Waals surface area (Å²) >= 11 is 0. The number of hydrogen-bond donors (Lipinski definition) is 1. The molecule has 0 radical (unpaired) electrons. The van der Waals surface area contributed by atoms with Crippen LogP contribution >= 0.6 is 0 Å². The van der Waals surface area contributed by atoms with Gasteiger partial charge in [-0.1, -0.05) is 27.7 Å². The molecule has 0 aliphatic carbocycles. The second-order valence-electron chi connectivity index (χ2n) is 4.40. The maximum atomic E-state index is 5.93. The fraction of sp³-hybridized carbons (Fsp3) is 1.00. The molecular formula is C11H23NO. The first-order valence-electron chi connectivity index (χ1n) is 5.52. The zero-order valence-corrected chi connectivity index (χ0v) is 9.39. The molecule has 1 saturated heterocycles. The SMILES string of the molecule is CCC1(CC)NCC(C(C)C)CO1. The van der Waals surface area contributed by atoms with Crippen LogP contribution in [0.3, 0.4) is 0 Å². The van der Waals surface area contributed by atoms with Crippen molar-refractivity contribution < 1.29 is 4.74 Å². The summed E-state index contributed by atoms with van der Waals surface area (Å²) in [4.78, 5) is 0. The minimum Gasteiger partial charge on any atom is -0.360 e. The van der Waals surface area contributed by atoms with E-state index in [1.165, 1.54) is 0 Å². The zero-order chi connectivity index (χ0) is 9.90. The van der Waals surface area contributed by atoms with Crippen LogP contribution in [0.15, 0.2) is 0 Å². The Kier molecular flexibility index (Phi) is 3.74. The Labute approximate surface area is 82.0 Å². The highest BCUT2D eigenvalue weighted by Gasteiger charge is 2.33. The van der Waals surface area contributed by atoms with Gasteiger partial charge in [0.1, 0.15) is 5.72 Å². The van der Waals surface area contributed by atoms with Crippen molar-refractivity contribution in [2.75, 3.05) is 13.2 Å². The Balaban J connectivity index is 2.45. The molecule has 2 heteroatoms. The van der Waals surface area contributed by atoms with Crippen molar-refractivity contribution in [3.8, 4) is 0 Å². The van der Waals surface area contributed by atoms with Gasteiger partial charge in [-0.25, -0.2) is 0 Å². The van der Waals surface area contributed by atoms with E-state index in [4.69, 9.17) is 4.74 Å². The highest BCUT2D eigenvalue weighted by Crippen LogP contribution is 2.25. The van der Waals surface area contributed by atoms with E-state index in [0.717, 1.165) is 31.9 Å².